The maximum atomic E-state index is 11.7. The number of carbonyl (C=O) groups is 6. The number of carboxylic acid groups (broad SMARTS) is 3. The molecule has 0 aliphatic carbocycles. The quantitative estimate of drug-likeness (QED) is 0.0162. The Kier molecular flexibility index (Phi) is 47.5. The number of nitrogens with two attached hydrogens (primary N) is 6. The monoisotopic (exact) mass is 1120 g/mol. The van der Waals surface area contributed by atoms with Gasteiger partial charge < -0.3 is 67.2 Å². The summed E-state index contributed by atoms with van der Waals surface area (Å²) in [6.45, 7) is 6.11. The van der Waals surface area contributed by atoms with Gasteiger partial charge in [-0.05, 0) is 144 Å². The highest BCUT2D eigenvalue weighted by Crippen LogP contribution is 2.15. The number of aliphatic carboxylic acids is 2. The number of rotatable bonds is 23. The summed E-state index contributed by atoms with van der Waals surface area (Å²) < 4.78 is 42.1. The first-order chi connectivity index (χ1) is 35.6. The van der Waals surface area contributed by atoms with E-state index in [-0.39, 0.29) is 58.9 Å². The molecule has 19 N–H and O–H groups in total. The maximum Gasteiger partial charge on any atom is 0.338 e. The number of ether oxygens (including phenoxy) is 3. The molecule has 3 aromatic carbocycles. The van der Waals surface area contributed by atoms with Crippen molar-refractivity contribution in [2.75, 3.05) is 45.4 Å². The Morgan fingerprint density at radius 2 is 1.03 bits per heavy atom. The number of carboxylic acids is 3. The third-order valence-corrected chi connectivity index (χ3v) is 8.57. The number of aromatic carboxylic acids is 1. The van der Waals surface area contributed by atoms with Crippen molar-refractivity contribution in [3.8, 4) is 17.2 Å². The van der Waals surface area contributed by atoms with Crippen LogP contribution in [0, 0.1) is 5.41 Å². The van der Waals surface area contributed by atoms with Crippen LogP contribution in [0.2, 0.25) is 0 Å². The molecule has 0 heterocycles. The van der Waals surface area contributed by atoms with Gasteiger partial charge in [-0.15, -0.1) is 0 Å². The SMILES string of the molecule is CCOC(=O)c1ccc(O)cc1.CCOC(=O)c1ccc(OC(=O)CCCCC[NH+]=C(N)N)cc1.CS(=O)(=O)[O-].CSC(=N)N.NC(N)=NCCCCCC(=O)O.NCCCCCC(=O)O.O=C(O)c1ccc(O)cc1. The van der Waals surface area contributed by atoms with Crippen molar-refractivity contribution >= 4 is 74.8 Å². The lowest BCUT2D eigenvalue weighted by Gasteiger charge is -2.05. The summed E-state index contributed by atoms with van der Waals surface area (Å²) in [5.74, 6) is -2.59. The lowest BCUT2D eigenvalue weighted by Crippen LogP contribution is -2.78. The van der Waals surface area contributed by atoms with Crippen LogP contribution in [0.1, 0.15) is 122 Å². The van der Waals surface area contributed by atoms with Crippen LogP contribution in [-0.4, -0.2) is 137 Å². The average Bonchev–Trinajstić information content (AvgIpc) is 3.33. The number of hydrogen-bond donors (Lipinski definition) is 13. The molecule has 26 nitrogen and oxygen atoms in total. The molecule has 0 aliphatic rings. The predicted molar refractivity (Wildman–Crippen MR) is 288 cm³/mol. The van der Waals surface area contributed by atoms with Gasteiger partial charge in [0.05, 0.1) is 46.6 Å². The van der Waals surface area contributed by atoms with E-state index in [9.17, 15) is 28.8 Å². The number of amidine groups is 1. The Morgan fingerprint density at radius 1 is 0.645 bits per heavy atom. The van der Waals surface area contributed by atoms with E-state index in [4.69, 9.17) is 92.5 Å². The van der Waals surface area contributed by atoms with Gasteiger partial charge in [-0.2, -0.15) is 0 Å². The zero-order chi connectivity index (χ0) is 58.9. The fraction of sp³-hybridized carbons (Fsp3) is 0.438. The Hall–Kier alpha value is -7.69. The third-order valence-electron chi connectivity index (χ3n) is 8.13. The van der Waals surface area contributed by atoms with Crippen molar-refractivity contribution in [2.45, 2.75) is 90.9 Å². The van der Waals surface area contributed by atoms with Crippen LogP contribution in [-0.2, 0) is 34.0 Å². The second kappa shape index (κ2) is 48.3. The van der Waals surface area contributed by atoms with Gasteiger partial charge in [0.25, 0.3) is 0 Å². The van der Waals surface area contributed by atoms with Gasteiger partial charge in [-0.1, -0.05) is 24.6 Å². The second-order valence-electron chi connectivity index (χ2n) is 14.8. The van der Waals surface area contributed by atoms with Gasteiger partial charge in [-0.3, -0.25) is 41.2 Å². The molecule has 0 atom stereocenters. The number of aliphatic imine (C=N–C) groups is 1. The molecule has 0 fully saturated rings. The minimum absolute atomic E-state index is 0.0741. The molecule has 428 valence electrons. The van der Waals surface area contributed by atoms with Crippen LogP contribution in [0.25, 0.3) is 0 Å². The van der Waals surface area contributed by atoms with Crippen molar-refractivity contribution in [2.24, 2.45) is 39.4 Å². The topological polar surface area (TPSA) is 495 Å². The average molecular weight is 1120 g/mol. The van der Waals surface area contributed by atoms with E-state index < -0.39 is 34.0 Å². The Morgan fingerprint density at radius 3 is 1.38 bits per heavy atom. The minimum atomic E-state index is -3.92. The summed E-state index contributed by atoms with van der Waals surface area (Å²) in [4.78, 5) is 71.1. The number of guanidine groups is 2. The Balaban J connectivity index is -0.000000424. The summed E-state index contributed by atoms with van der Waals surface area (Å²) >= 11 is 1.24. The zero-order valence-electron chi connectivity index (χ0n) is 43.3. The molecule has 0 unspecified atom stereocenters. The number of aromatic hydroxyl groups is 2. The largest absolute Gasteiger partial charge is 0.748 e. The molecule has 0 aliphatic heterocycles. The first kappa shape index (κ1) is 74.8. The van der Waals surface area contributed by atoms with Crippen LogP contribution in [0.4, 0.5) is 0 Å². The molecule has 0 saturated heterocycles. The van der Waals surface area contributed by atoms with Crippen LogP contribution in [0.15, 0.2) is 77.8 Å². The van der Waals surface area contributed by atoms with Gasteiger partial charge in [0.1, 0.15) is 17.2 Å². The fourth-order valence-electron chi connectivity index (χ4n) is 4.65. The van der Waals surface area contributed by atoms with Crippen LogP contribution < -0.4 is 44.1 Å². The van der Waals surface area contributed by atoms with Gasteiger partial charge in [-0.25, -0.2) is 22.8 Å². The normalized spacial score (nSPS) is 9.55. The predicted octanol–water partition coefficient (Wildman–Crippen LogP) is 2.24. The van der Waals surface area contributed by atoms with Crippen molar-refractivity contribution < 1.29 is 86.5 Å². The highest BCUT2D eigenvalue weighted by molar-refractivity contribution is 8.13. The Bertz CT molecular complexity index is 2250. The first-order valence-electron chi connectivity index (χ1n) is 23.2. The lowest BCUT2D eigenvalue weighted by molar-refractivity contribution is -0.459. The van der Waals surface area contributed by atoms with Gasteiger partial charge in [0.2, 0.25) is 0 Å². The smallest absolute Gasteiger partial charge is 0.338 e. The van der Waals surface area contributed by atoms with Crippen LogP contribution >= 0.6 is 11.8 Å². The summed E-state index contributed by atoms with van der Waals surface area (Å²) in [6, 6.07) is 17.6. The van der Waals surface area contributed by atoms with Crippen molar-refractivity contribution in [1.29, 1.82) is 5.41 Å². The molecule has 0 bridgehead atoms. The molecular formula is C48H77N9O17S2. The molecule has 0 amide bonds. The molecule has 0 radical (unpaired) electrons. The number of thioether (sulfide) groups is 1. The number of hydrogen-bond acceptors (Lipinski definition) is 18. The molecule has 76 heavy (non-hydrogen) atoms. The minimum Gasteiger partial charge on any atom is -0.748 e. The lowest BCUT2D eigenvalue weighted by atomic mass is 10.2. The third kappa shape index (κ3) is 57.2. The summed E-state index contributed by atoms with van der Waals surface area (Å²) in [5.41, 5.74) is 31.8. The Labute approximate surface area is 447 Å². The number of esters is 3. The van der Waals surface area contributed by atoms with E-state index >= 15 is 0 Å². The van der Waals surface area contributed by atoms with Crippen molar-refractivity contribution in [3.63, 3.8) is 0 Å². The number of carbonyl (C=O) groups excluding carboxylic acids is 3. The molecule has 3 aromatic rings. The van der Waals surface area contributed by atoms with Crippen LogP contribution in [0.3, 0.4) is 0 Å². The van der Waals surface area contributed by atoms with Gasteiger partial charge in [0.15, 0.2) is 11.1 Å². The molecule has 0 spiro atoms. The zero-order valence-corrected chi connectivity index (χ0v) is 44.9. The number of nitrogens with one attached hydrogen (secondary N) is 2. The highest BCUT2D eigenvalue weighted by Gasteiger charge is 2.09. The molecule has 28 heteroatoms. The molecule has 3 rings (SSSR count). The van der Waals surface area contributed by atoms with E-state index in [1.165, 1.54) is 60.3 Å². The number of benzene rings is 3. The number of unbranched alkanes of at least 4 members (excludes halogenated alkanes) is 6. The summed E-state index contributed by atoms with van der Waals surface area (Å²) in [7, 11) is -3.92. The van der Waals surface area contributed by atoms with Gasteiger partial charge >= 0.3 is 41.8 Å². The number of phenols is 2. The first-order valence-corrected chi connectivity index (χ1v) is 26.2. The van der Waals surface area contributed by atoms with E-state index in [1.807, 2.05) is 0 Å². The molecule has 0 saturated carbocycles. The van der Waals surface area contributed by atoms with E-state index in [2.05, 4.69) is 9.98 Å². The van der Waals surface area contributed by atoms with E-state index in [0.717, 1.165) is 51.4 Å². The molecular weight excluding hydrogens is 1040 g/mol. The fourth-order valence-corrected chi connectivity index (χ4v) is 4.65. The van der Waals surface area contributed by atoms with Crippen molar-refractivity contribution in [1.82, 2.24) is 0 Å². The van der Waals surface area contributed by atoms with Gasteiger partial charge in [0, 0.05) is 32.1 Å². The van der Waals surface area contributed by atoms with Crippen molar-refractivity contribution in [3.05, 3.63) is 89.5 Å². The summed E-state index contributed by atoms with van der Waals surface area (Å²) in [5, 5.41) is 49.2. The molecule has 0 aromatic heterocycles. The van der Waals surface area contributed by atoms with E-state index in [1.54, 1.807) is 44.4 Å². The van der Waals surface area contributed by atoms with E-state index in [0.29, 0.717) is 68.8 Å². The van der Waals surface area contributed by atoms with Crippen LogP contribution in [0.5, 0.6) is 17.2 Å². The number of phenolic OH excluding ortho intramolecular Hbond substituents is 2. The standard InChI is InChI=1S/C16H23N3O4.C9H10O3.C7H15N3O2.C7H6O3.C6H13NO2.C2H6N2S.CH4O3S/c1-2-22-15(21)12-7-9-13(10-8-12)23-14(20)6-4-3-5-11-19-16(17)18;1-2-12-9(11)7-3-5-8(10)6-4-7;8-7(9)10-5-3-1-2-4-6(11)12;8-6-3-1-5(2-4-6)7(9)10;7-5-3-1-2-4-6(8)9;1-5-2(3)4;1-5(2,3)4/h7-10H,2-6,11H2,1H3,(H4,17,18,19);3-6,10H,2H2,1H3;1-5H2,(H,11,12)(H4,8,9,10);1-4,8H,(H,9,10);1-5,7H2,(H,8,9);1H3,(H3,3,4);1H3,(H,2,3,4). The number of nitrogens with zero attached hydrogens (tertiary/aromatic N) is 1. The second-order valence-corrected chi connectivity index (χ2v) is 17.1. The summed E-state index contributed by atoms with van der Waals surface area (Å²) in [6.07, 6.45) is 10.7. The maximum absolute atomic E-state index is 11.7. The highest BCUT2D eigenvalue weighted by atomic mass is 32.2.